The van der Waals surface area contributed by atoms with E-state index in [1.807, 2.05) is 0 Å². The summed E-state index contributed by atoms with van der Waals surface area (Å²) in [7, 11) is -1.62. The molecule has 0 radical (unpaired) electrons. The van der Waals surface area contributed by atoms with E-state index >= 15 is 0 Å². The maximum atomic E-state index is 12.1. The van der Waals surface area contributed by atoms with E-state index in [1.165, 1.54) is 21.0 Å². The lowest BCUT2D eigenvalue weighted by atomic mass is 10.3. The van der Waals surface area contributed by atoms with Gasteiger partial charge in [-0.3, -0.25) is 9.89 Å². The fourth-order valence-electron chi connectivity index (χ4n) is 1.36. The molecule has 0 fully saturated rings. The van der Waals surface area contributed by atoms with Crippen molar-refractivity contribution >= 4 is 21.9 Å². The molecule has 10 heteroatoms. The highest BCUT2D eigenvalue weighted by atomic mass is 32.2. The second kappa shape index (κ2) is 5.36. The zero-order valence-corrected chi connectivity index (χ0v) is 11.4. The van der Waals surface area contributed by atoms with Gasteiger partial charge < -0.3 is 10.4 Å². The summed E-state index contributed by atoms with van der Waals surface area (Å²) < 4.78 is 25.0. The highest BCUT2D eigenvalue weighted by molar-refractivity contribution is 7.89. The van der Waals surface area contributed by atoms with Crippen LogP contribution < -0.4 is 5.32 Å². The Morgan fingerprint density at radius 3 is 2.53 bits per heavy atom. The normalized spacial score (nSPS) is 11.6. The summed E-state index contributed by atoms with van der Waals surface area (Å²) in [5, 5.41) is 16.5. The first kappa shape index (κ1) is 15.1. The number of nitrogens with zero attached hydrogens (tertiary/aromatic N) is 2. The number of aryl methyl sites for hydroxylation is 1. The number of carboxylic acids is 1. The zero-order chi connectivity index (χ0) is 14.8. The van der Waals surface area contributed by atoms with E-state index in [1.54, 1.807) is 0 Å². The van der Waals surface area contributed by atoms with Gasteiger partial charge in [0, 0.05) is 19.8 Å². The van der Waals surface area contributed by atoms with Crippen LogP contribution in [-0.2, 0) is 14.8 Å². The Bertz CT molecular complexity index is 606. The number of hydrogen-bond acceptors (Lipinski definition) is 5. The molecule has 0 unspecified atom stereocenters. The fraction of sp³-hybridized carbons (Fsp3) is 0.444. The molecule has 9 nitrogen and oxygen atoms in total. The quantitative estimate of drug-likeness (QED) is 0.623. The van der Waals surface area contributed by atoms with Crippen LogP contribution in [0.5, 0.6) is 0 Å². The van der Waals surface area contributed by atoms with Crippen molar-refractivity contribution in [3.8, 4) is 0 Å². The van der Waals surface area contributed by atoms with Crippen LogP contribution in [0.15, 0.2) is 5.03 Å². The van der Waals surface area contributed by atoms with Crippen LogP contribution in [-0.4, -0.2) is 60.5 Å². The predicted octanol–water partition coefficient (Wildman–Crippen LogP) is -1.22. The minimum Gasteiger partial charge on any atom is -0.478 e. The number of nitrogens with one attached hydrogen (secondary N) is 2. The van der Waals surface area contributed by atoms with Crippen LogP contribution in [0.25, 0.3) is 0 Å². The second-order valence-corrected chi connectivity index (χ2v) is 5.73. The van der Waals surface area contributed by atoms with Crippen LogP contribution in [0.1, 0.15) is 16.1 Å². The molecule has 3 N–H and O–H groups in total. The van der Waals surface area contributed by atoms with Crippen LogP contribution >= 0.6 is 0 Å². The molecule has 1 aromatic rings. The van der Waals surface area contributed by atoms with Gasteiger partial charge in [0.25, 0.3) is 10.0 Å². The average Bonchev–Trinajstić information content (AvgIpc) is 2.71. The number of aromatic nitrogens is 2. The Morgan fingerprint density at radius 1 is 1.47 bits per heavy atom. The van der Waals surface area contributed by atoms with Crippen LogP contribution in [0.2, 0.25) is 0 Å². The van der Waals surface area contributed by atoms with Gasteiger partial charge in [0.15, 0.2) is 0 Å². The van der Waals surface area contributed by atoms with Crippen molar-refractivity contribution in [2.75, 3.05) is 20.6 Å². The largest absolute Gasteiger partial charge is 0.478 e. The lowest BCUT2D eigenvalue weighted by molar-refractivity contribution is -0.120. The SMILES string of the molecule is CNC(=O)CN(C)S(=O)(=O)c1n[nH]c(C)c1C(=O)O. The third-order valence-electron chi connectivity index (χ3n) is 2.43. The lowest BCUT2D eigenvalue weighted by Gasteiger charge is -2.14. The third kappa shape index (κ3) is 2.90. The topological polar surface area (TPSA) is 132 Å². The van der Waals surface area contributed by atoms with Crippen molar-refractivity contribution in [3.05, 3.63) is 11.3 Å². The fourth-order valence-corrected chi connectivity index (χ4v) is 2.60. The number of aromatic carboxylic acids is 1. The maximum absolute atomic E-state index is 12.1. The minimum atomic E-state index is -4.15. The molecule has 1 rings (SSSR count). The summed E-state index contributed by atoms with van der Waals surface area (Å²) in [6, 6.07) is 0. The van der Waals surface area contributed by atoms with Gasteiger partial charge in [-0.25, -0.2) is 13.2 Å². The van der Waals surface area contributed by atoms with E-state index in [4.69, 9.17) is 5.11 Å². The minimum absolute atomic E-state index is 0.124. The van der Waals surface area contributed by atoms with E-state index in [0.717, 1.165) is 4.31 Å². The zero-order valence-electron chi connectivity index (χ0n) is 10.6. The third-order valence-corrected chi connectivity index (χ3v) is 4.16. The van der Waals surface area contributed by atoms with Crippen molar-refractivity contribution in [2.45, 2.75) is 11.9 Å². The summed E-state index contributed by atoms with van der Waals surface area (Å²) >= 11 is 0. The highest BCUT2D eigenvalue weighted by Crippen LogP contribution is 2.19. The summed E-state index contributed by atoms with van der Waals surface area (Å²) in [6.07, 6.45) is 0. The summed E-state index contributed by atoms with van der Waals surface area (Å²) in [5.74, 6) is -1.92. The van der Waals surface area contributed by atoms with Gasteiger partial charge in [-0.05, 0) is 6.92 Å². The van der Waals surface area contributed by atoms with Crippen molar-refractivity contribution < 1.29 is 23.1 Å². The Balaban J connectivity index is 3.21. The number of H-pyrrole nitrogens is 1. The van der Waals surface area contributed by atoms with Crippen molar-refractivity contribution in [3.63, 3.8) is 0 Å². The molecule has 1 heterocycles. The van der Waals surface area contributed by atoms with Gasteiger partial charge in [0.05, 0.1) is 6.54 Å². The molecular formula is C9H14N4O5S. The first-order valence-electron chi connectivity index (χ1n) is 5.17. The molecule has 0 spiro atoms. The maximum Gasteiger partial charge on any atom is 0.340 e. The number of hydrogen-bond donors (Lipinski definition) is 3. The molecule has 106 valence electrons. The van der Waals surface area contributed by atoms with E-state index in [2.05, 4.69) is 15.5 Å². The Hall–Kier alpha value is -1.94. The molecule has 0 atom stereocenters. The van der Waals surface area contributed by atoms with Gasteiger partial charge in [0.2, 0.25) is 10.9 Å². The summed E-state index contributed by atoms with van der Waals surface area (Å²) in [6.45, 7) is 0.970. The molecule has 1 amide bonds. The summed E-state index contributed by atoms with van der Waals surface area (Å²) in [5.41, 5.74) is -0.303. The number of likely N-dealkylation sites (N-methyl/N-ethyl adjacent to an activating group) is 2. The van der Waals surface area contributed by atoms with Crippen molar-refractivity contribution in [1.29, 1.82) is 0 Å². The van der Waals surface area contributed by atoms with Crippen molar-refractivity contribution in [1.82, 2.24) is 19.8 Å². The molecule has 0 aliphatic heterocycles. The molecule has 0 bridgehead atoms. The van der Waals surface area contributed by atoms with Gasteiger partial charge in [-0.2, -0.15) is 9.40 Å². The standard InChI is InChI=1S/C9H14N4O5S/c1-5-7(9(15)16)8(12-11-5)19(17,18)13(3)4-6(14)10-2/h4H2,1-3H3,(H,10,14)(H,11,12)(H,15,16). The van der Waals surface area contributed by atoms with Gasteiger partial charge in [0.1, 0.15) is 5.56 Å². The molecule has 1 aromatic heterocycles. The summed E-state index contributed by atoms with van der Waals surface area (Å²) in [4.78, 5) is 22.2. The van der Waals surface area contributed by atoms with Crippen LogP contribution in [0.4, 0.5) is 0 Å². The number of carboxylic acid groups (broad SMARTS) is 1. The number of carbonyl (C=O) groups excluding carboxylic acids is 1. The molecule has 0 aromatic carbocycles. The van der Waals surface area contributed by atoms with Crippen molar-refractivity contribution in [2.24, 2.45) is 0 Å². The first-order valence-corrected chi connectivity index (χ1v) is 6.61. The van der Waals surface area contributed by atoms with E-state index in [0.29, 0.717) is 0 Å². The smallest absolute Gasteiger partial charge is 0.340 e. The number of carbonyl (C=O) groups is 2. The number of aromatic amines is 1. The average molecular weight is 290 g/mol. The predicted molar refractivity (Wildman–Crippen MR) is 64.2 cm³/mol. The van der Waals surface area contributed by atoms with Crippen LogP contribution in [0.3, 0.4) is 0 Å². The molecule has 0 aliphatic carbocycles. The molecule has 0 saturated heterocycles. The van der Waals surface area contributed by atoms with Gasteiger partial charge in [-0.1, -0.05) is 0 Å². The lowest BCUT2D eigenvalue weighted by Crippen LogP contribution is -2.37. The number of sulfonamides is 1. The Kier molecular flexibility index (Phi) is 4.27. The van der Waals surface area contributed by atoms with Gasteiger partial charge in [-0.15, -0.1) is 0 Å². The monoisotopic (exact) mass is 290 g/mol. The number of amides is 1. The van der Waals surface area contributed by atoms with E-state index < -0.39 is 39.0 Å². The first-order chi connectivity index (χ1) is 8.71. The van der Waals surface area contributed by atoms with E-state index in [-0.39, 0.29) is 5.69 Å². The Labute approximate surface area is 109 Å². The Morgan fingerprint density at radius 2 is 2.05 bits per heavy atom. The second-order valence-electron chi connectivity index (χ2n) is 3.77. The molecule has 19 heavy (non-hydrogen) atoms. The molecule has 0 aliphatic rings. The molecular weight excluding hydrogens is 276 g/mol. The highest BCUT2D eigenvalue weighted by Gasteiger charge is 2.32. The van der Waals surface area contributed by atoms with Gasteiger partial charge >= 0.3 is 5.97 Å². The van der Waals surface area contributed by atoms with Crippen LogP contribution in [0, 0.1) is 6.92 Å². The van der Waals surface area contributed by atoms with E-state index in [9.17, 15) is 18.0 Å². The molecule has 0 saturated carbocycles. The number of rotatable bonds is 5.